The Kier molecular flexibility index (Phi) is 5.36. The molecule has 0 radical (unpaired) electrons. The van der Waals surface area contributed by atoms with Crippen molar-refractivity contribution in [3.8, 4) is 0 Å². The van der Waals surface area contributed by atoms with Gasteiger partial charge in [-0.25, -0.2) is 8.42 Å². The number of sulfonamides is 1. The van der Waals surface area contributed by atoms with Gasteiger partial charge in [0, 0.05) is 25.8 Å². The standard InChI is InChI=1S/C17H21F3N4O2S/c1-2-24-12-14(11-21-24)27(25,26)22-15-10-13(17(18,19)20)6-7-16(15)23-8-4-3-5-9-23/h6-7,10-12,22H,2-5,8-9H2,1H3. The number of anilines is 2. The minimum Gasteiger partial charge on any atom is -0.370 e. The van der Waals surface area contributed by atoms with Crippen LogP contribution in [0.5, 0.6) is 0 Å². The van der Waals surface area contributed by atoms with Gasteiger partial charge in [-0.3, -0.25) is 9.40 Å². The van der Waals surface area contributed by atoms with Crippen molar-refractivity contribution in [1.82, 2.24) is 9.78 Å². The van der Waals surface area contributed by atoms with Crippen LogP contribution in [0.25, 0.3) is 0 Å². The first-order chi connectivity index (χ1) is 12.7. The Morgan fingerprint density at radius 2 is 1.89 bits per heavy atom. The van der Waals surface area contributed by atoms with Crippen LogP contribution in [0, 0.1) is 0 Å². The molecule has 1 aromatic carbocycles. The molecule has 1 aromatic heterocycles. The van der Waals surface area contributed by atoms with Crippen molar-refractivity contribution in [2.45, 2.75) is 43.8 Å². The van der Waals surface area contributed by atoms with Crippen LogP contribution >= 0.6 is 0 Å². The zero-order chi connectivity index (χ0) is 19.7. The molecule has 1 saturated heterocycles. The maximum atomic E-state index is 13.1. The van der Waals surface area contributed by atoms with Crippen molar-refractivity contribution < 1.29 is 21.6 Å². The third kappa shape index (κ3) is 4.37. The van der Waals surface area contributed by atoms with Gasteiger partial charge in [0.15, 0.2) is 0 Å². The molecule has 2 aromatic rings. The van der Waals surface area contributed by atoms with E-state index in [2.05, 4.69) is 9.82 Å². The highest BCUT2D eigenvalue weighted by Crippen LogP contribution is 2.37. The van der Waals surface area contributed by atoms with Crippen LogP contribution < -0.4 is 9.62 Å². The summed E-state index contributed by atoms with van der Waals surface area (Å²) in [5.41, 5.74) is -0.518. The average molecular weight is 402 g/mol. The second kappa shape index (κ2) is 7.41. The quantitative estimate of drug-likeness (QED) is 0.828. The van der Waals surface area contributed by atoms with Crippen LogP contribution in [0.2, 0.25) is 0 Å². The normalized spacial score (nSPS) is 15.8. The Morgan fingerprint density at radius 1 is 1.19 bits per heavy atom. The van der Waals surface area contributed by atoms with Gasteiger partial charge in [-0.05, 0) is 44.4 Å². The molecular weight excluding hydrogens is 381 g/mol. The Balaban J connectivity index is 2.00. The number of piperidine rings is 1. The van der Waals surface area contributed by atoms with Gasteiger partial charge in [-0.1, -0.05) is 0 Å². The van der Waals surface area contributed by atoms with E-state index in [0.717, 1.165) is 31.4 Å². The van der Waals surface area contributed by atoms with Gasteiger partial charge in [0.2, 0.25) is 0 Å². The lowest BCUT2D eigenvalue weighted by Crippen LogP contribution is -2.30. The molecule has 0 atom stereocenters. The number of hydrogen-bond donors (Lipinski definition) is 1. The minimum atomic E-state index is -4.56. The molecule has 0 unspecified atom stereocenters. The van der Waals surface area contributed by atoms with E-state index in [0.29, 0.717) is 25.3 Å². The molecule has 6 nitrogen and oxygen atoms in total. The number of rotatable bonds is 5. The maximum absolute atomic E-state index is 13.1. The molecule has 2 heterocycles. The number of aryl methyl sites for hydroxylation is 1. The number of nitrogens with zero attached hydrogens (tertiary/aromatic N) is 3. The fourth-order valence-corrected chi connectivity index (χ4v) is 4.08. The third-order valence-corrected chi connectivity index (χ3v) is 5.83. The van der Waals surface area contributed by atoms with Gasteiger partial charge in [0.25, 0.3) is 10.0 Å². The first kappa shape index (κ1) is 19.5. The number of halogens is 3. The molecule has 3 rings (SSSR count). The molecule has 1 aliphatic rings. The van der Waals surface area contributed by atoms with E-state index in [1.165, 1.54) is 23.1 Å². The number of benzene rings is 1. The molecule has 0 aliphatic carbocycles. The number of hydrogen-bond acceptors (Lipinski definition) is 4. The number of aromatic nitrogens is 2. The summed E-state index contributed by atoms with van der Waals surface area (Å²) in [6, 6.07) is 3.17. The fourth-order valence-electron chi connectivity index (χ4n) is 3.06. The Bertz CT molecular complexity index is 903. The monoisotopic (exact) mass is 402 g/mol. The summed E-state index contributed by atoms with van der Waals surface area (Å²) in [4.78, 5) is 1.82. The topological polar surface area (TPSA) is 67.2 Å². The van der Waals surface area contributed by atoms with Crippen LogP contribution in [0.4, 0.5) is 24.5 Å². The second-order valence-corrected chi connectivity index (χ2v) is 8.10. The molecule has 0 saturated carbocycles. The van der Waals surface area contributed by atoms with Gasteiger partial charge in [0.1, 0.15) is 4.90 Å². The predicted molar refractivity (Wildman–Crippen MR) is 96.2 cm³/mol. The Hall–Kier alpha value is -2.23. The smallest absolute Gasteiger partial charge is 0.370 e. The first-order valence-electron chi connectivity index (χ1n) is 8.72. The lowest BCUT2D eigenvalue weighted by molar-refractivity contribution is -0.137. The van der Waals surface area contributed by atoms with Gasteiger partial charge >= 0.3 is 6.18 Å². The SMILES string of the molecule is CCn1cc(S(=O)(=O)Nc2cc(C(F)(F)F)ccc2N2CCCCC2)cn1. The largest absolute Gasteiger partial charge is 0.416 e. The third-order valence-electron chi connectivity index (χ3n) is 4.51. The Morgan fingerprint density at radius 3 is 2.48 bits per heavy atom. The molecule has 1 fully saturated rings. The van der Waals surface area contributed by atoms with Crippen molar-refractivity contribution in [1.29, 1.82) is 0 Å². The van der Waals surface area contributed by atoms with Crippen LogP contribution in [-0.2, 0) is 22.7 Å². The van der Waals surface area contributed by atoms with E-state index >= 15 is 0 Å². The molecule has 0 amide bonds. The van der Waals surface area contributed by atoms with E-state index in [1.54, 1.807) is 6.92 Å². The summed E-state index contributed by atoms with van der Waals surface area (Å²) in [5.74, 6) is 0. The molecule has 1 aliphatic heterocycles. The first-order valence-corrected chi connectivity index (χ1v) is 10.2. The fraction of sp³-hybridized carbons (Fsp3) is 0.471. The van der Waals surface area contributed by atoms with Gasteiger partial charge in [0.05, 0.1) is 23.1 Å². The highest BCUT2D eigenvalue weighted by molar-refractivity contribution is 7.92. The summed E-state index contributed by atoms with van der Waals surface area (Å²) in [6.07, 6.45) is 0.839. The van der Waals surface area contributed by atoms with Crippen molar-refractivity contribution in [2.24, 2.45) is 0 Å². The van der Waals surface area contributed by atoms with Crippen LogP contribution in [0.3, 0.4) is 0 Å². The second-order valence-electron chi connectivity index (χ2n) is 6.41. The number of alkyl halides is 3. The summed E-state index contributed by atoms with van der Waals surface area (Å²) >= 11 is 0. The van der Waals surface area contributed by atoms with Crippen LogP contribution in [0.15, 0.2) is 35.5 Å². The summed E-state index contributed by atoms with van der Waals surface area (Å²) in [5, 5.41) is 3.92. The van der Waals surface area contributed by atoms with E-state index in [-0.39, 0.29) is 10.6 Å². The van der Waals surface area contributed by atoms with Gasteiger partial charge < -0.3 is 4.90 Å². The minimum absolute atomic E-state index is 0.0732. The van der Waals surface area contributed by atoms with E-state index < -0.39 is 21.8 Å². The lowest BCUT2D eigenvalue weighted by Gasteiger charge is -2.31. The van der Waals surface area contributed by atoms with E-state index in [9.17, 15) is 21.6 Å². The molecule has 148 valence electrons. The van der Waals surface area contributed by atoms with Crippen molar-refractivity contribution in [3.05, 3.63) is 36.2 Å². The summed E-state index contributed by atoms with van der Waals surface area (Å²) in [7, 11) is -4.05. The molecule has 0 bridgehead atoms. The molecule has 1 N–H and O–H groups in total. The molecule has 0 spiro atoms. The lowest BCUT2D eigenvalue weighted by atomic mass is 10.1. The molecule has 27 heavy (non-hydrogen) atoms. The van der Waals surface area contributed by atoms with E-state index in [1.807, 2.05) is 4.90 Å². The predicted octanol–water partition coefficient (Wildman–Crippen LogP) is 3.71. The zero-order valence-corrected chi connectivity index (χ0v) is 15.6. The van der Waals surface area contributed by atoms with Crippen molar-refractivity contribution >= 4 is 21.4 Å². The Labute approximate surface area is 156 Å². The summed E-state index contributed by atoms with van der Waals surface area (Å²) in [6.45, 7) is 3.64. The molecule has 10 heteroatoms. The average Bonchev–Trinajstić information content (AvgIpc) is 3.11. The maximum Gasteiger partial charge on any atom is 0.416 e. The van der Waals surface area contributed by atoms with E-state index in [4.69, 9.17) is 0 Å². The van der Waals surface area contributed by atoms with Gasteiger partial charge in [-0.2, -0.15) is 18.3 Å². The van der Waals surface area contributed by atoms with Gasteiger partial charge in [-0.15, -0.1) is 0 Å². The summed E-state index contributed by atoms with van der Waals surface area (Å²) < 4.78 is 68.5. The van der Waals surface area contributed by atoms with Crippen LogP contribution in [0.1, 0.15) is 31.7 Å². The molecular formula is C17H21F3N4O2S. The van der Waals surface area contributed by atoms with Crippen molar-refractivity contribution in [3.63, 3.8) is 0 Å². The van der Waals surface area contributed by atoms with Crippen LogP contribution in [-0.4, -0.2) is 31.3 Å². The highest BCUT2D eigenvalue weighted by Gasteiger charge is 2.32. The zero-order valence-electron chi connectivity index (χ0n) is 14.8. The number of nitrogens with one attached hydrogen (secondary N) is 1. The highest BCUT2D eigenvalue weighted by atomic mass is 32.2. The van der Waals surface area contributed by atoms with Crippen molar-refractivity contribution in [2.75, 3.05) is 22.7 Å².